The molecule has 57 heavy (non-hydrogen) atoms. The van der Waals surface area contributed by atoms with E-state index in [1.807, 2.05) is 19.0 Å². The van der Waals surface area contributed by atoms with E-state index in [-0.39, 0.29) is 49.0 Å². The van der Waals surface area contributed by atoms with Crippen molar-refractivity contribution in [2.75, 3.05) is 32.1 Å². The van der Waals surface area contributed by atoms with Crippen LogP contribution in [-0.4, -0.2) is 97.8 Å². The Bertz CT molecular complexity index is 1670. The zero-order valence-electron chi connectivity index (χ0n) is 29.0. The van der Waals surface area contributed by atoms with Crippen molar-refractivity contribution >= 4 is 41.3 Å². The first-order valence-corrected chi connectivity index (χ1v) is 15.2. The van der Waals surface area contributed by atoms with Gasteiger partial charge >= 0.3 is 48.3 Å². The quantitative estimate of drug-likeness (QED) is 0.125. The molecule has 2 unspecified atom stereocenters. The Morgan fingerprint density at radius 2 is 1.05 bits per heavy atom. The third-order valence-electron chi connectivity index (χ3n) is 7.85. The average molecular weight is 884 g/mol. The van der Waals surface area contributed by atoms with Gasteiger partial charge in [-0.15, -0.1) is 12.4 Å². The van der Waals surface area contributed by atoms with Gasteiger partial charge < -0.3 is 23.5 Å². The van der Waals surface area contributed by atoms with Gasteiger partial charge in [-0.05, 0) is 49.8 Å². The molecule has 0 N–H and O–H groups in total. The summed E-state index contributed by atoms with van der Waals surface area (Å²) in [6.45, 7) is -3.18. The summed E-state index contributed by atoms with van der Waals surface area (Å²) >= 11 is 0. The second kappa shape index (κ2) is 16.8. The number of hydrogen-bond acceptors (Lipinski definition) is 7. The Morgan fingerprint density at radius 3 is 1.44 bits per heavy atom. The number of alkyl halides is 18. The minimum Gasteiger partial charge on any atom is -0.492 e. The number of benzene rings is 2. The summed E-state index contributed by atoms with van der Waals surface area (Å²) in [5.41, 5.74) is -12.7. The van der Waals surface area contributed by atoms with Crippen molar-refractivity contribution < 1.29 is 97.7 Å². The van der Waals surface area contributed by atoms with Crippen molar-refractivity contribution in [2.45, 2.75) is 74.6 Å². The molecule has 1 aromatic heterocycles. The number of halogens is 19. The van der Waals surface area contributed by atoms with Crippen molar-refractivity contribution in [3.8, 4) is 5.75 Å². The molecule has 0 aliphatic rings. The van der Waals surface area contributed by atoms with Gasteiger partial charge in [-0.3, -0.25) is 0 Å². The van der Waals surface area contributed by atoms with Crippen LogP contribution in [0.25, 0.3) is 23.3 Å². The lowest BCUT2D eigenvalue weighted by molar-refractivity contribution is -0.482. The van der Waals surface area contributed by atoms with E-state index in [2.05, 4.69) is 14.5 Å². The summed E-state index contributed by atoms with van der Waals surface area (Å²) in [4.78, 5) is 5.35. The van der Waals surface area contributed by atoms with Crippen molar-refractivity contribution in [2.24, 2.45) is 0 Å². The number of fused-ring (bicyclic) bond motifs is 1. The van der Waals surface area contributed by atoms with Gasteiger partial charge in [0.25, 0.3) is 0 Å². The van der Waals surface area contributed by atoms with E-state index in [0.717, 1.165) is 17.8 Å². The lowest BCUT2D eigenvalue weighted by Gasteiger charge is -2.45. The fourth-order valence-corrected chi connectivity index (χ4v) is 5.08. The predicted octanol–water partition coefficient (Wildman–Crippen LogP) is 10.7. The number of rotatable bonds is 13. The number of hydrogen-bond donors (Lipinski definition) is 0. The van der Waals surface area contributed by atoms with Crippen molar-refractivity contribution in [1.82, 2.24) is 9.88 Å². The van der Waals surface area contributed by atoms with Crippen LogP contribution in [0, 0.1) is 0 Å². The molecule has 3 aromatic rings. The molecule has 0 fully saturated rings. The first-order valence-electron chi connectivity index (χ1n) is 15.2. The monoisotopic (exact) mass is 883 g/mol. The van der Waals surface area contributed by atoms with Gasteiger partial charge in [0.05, 0.1) is 0 Å². The van der Waals surface area contributed by atoms with E-state index in [0.29, 0.717) is 5.56 Å². The summed E-state index contributed by atoms with van der Waals surface area (Å²) in [6, 6.07) is 10.4. The molecular weight excluding hydrogens is 856 g/mol. The molecule has 0 radical (unpaired) electrons. The van der Waals surface area contributed by atoms with E-state index in [4.69, 9.17) is 9.15 Å². The van der Waals surface area contributed by atoms with Crippen LogP contribution in [0.15, 0.2) is 46.9 Å². The zero-order chi connectivity index (χ0) is 43.1. The molecule has 324 valence electrons. The fraction of sp³-hybridized carbons (Fsp3) is 0.516. The number of oxazole rings is 1. The number of aromatic nitrogens is 1. The molecule has 0 aliphatic heterocycles. The van der Waals surface area contributed by atoms with Gasteiger partial charge in [0.15, 0.2) is 5.58 Å². The molecule has 0 amide bonds. The predicted molar refractivity (Wildman–Crippen MR) is 166 cm³/mol. The smallest absolute Gasteiger partial charge is 0.435 e. The summed E-state index contributed by atoms with van der Waals surface area (Å²) < 4.78 is 262. The maximum absolute atomic E-state index is 13.6. The minimum atomic E-state index is -7.46. The molecule has 0 aliphatic carbocycles. The van der Waals surface area contributed by atoms with Gasteiger partial charge in [0.1, 0.15) is 30.3 Å². The van der Waals surface area contributed by atoms with Crippen LogP contribution in [0.4, 0.5) is 84.7 Å². The first kappa shape index (κ1) is 49.3. The highest BCUT2D eigenvalue weighted by atomic mass is 35.5. The van der Waals surface area contributed by atoms with E-state index in [9.17, 15) is 79.0 Å². The van der Waals surface area contributed by atoms with Crippen LogP contribution in [0.1, 0.15) is 25.3 Å². The SMILES string of the molecule is CC(OC(C(F)(F)F)(C(F)(F)F)C(F)(F)F)N(CCOc1ccc2nc(/C=C/c3ccc(N(C)C)cc3)oc2c1)C(C)OC(C(F)(F)F)(C(F)(F)F)C(F)(F)F.Cl. The maximum atomic E-state index is 13.6. The van der Waals surface area contributed by atoms with E-state index >= 15 is 0 Å². The molecule has 3 rings (SSSR count). The second-order valence-corrected chi connectivity index (χ2v) is 11.9. The van der Waals surface area contributed by atoms with Crippen LogP contribution in [0.2, 0.25) is 0 Å². The molecule has 2 atom stereocenters. The van der Waals surface area contributed by atoms with Gasteiger partial charge in [-0.1, -0.05) is 12.1 Å². The highest BCUT2D eigenvalue weighted by molar-refractivity contribution is 5.85. The lowest BCUT2D eigenvalue weighted by atomic mass is 10.0. The third-order valence-corrected chi connectivity index (χ3v) is 7.85. The van der Waals surface area contributed by atoms with Crippen LogP contribution >= 0.6 is 12.4 Å². The van der Waals surface area contributed by atoms with E-state index < -0.39 is 78.8 Å². The van der Waals surface area contributed by atoms with Gasteiger partial charge in [0, 0.05) is 38.5 Å². The molecule has 0 bridgehead atoms. The largest absolute Gasteiger partial charge is 0.492 e. The van der Waals surface area contributed by atoms with E-state index in [1.165, 1.54) is 12.1 Å². The van der Waals surface area contributed by atoms with Crippen LogP contribution in [0.5, 0.6) is 5.75 Å². The molecule has 0 saturated heterocycles. The lowest BCUT2D eigenvalue weighted by Crippen LogP contribution is -2.71. The highest BCUT2D eigenvalue weighted by Gasteiger charge is 2.87. The third kappa shape index (κ3) is 10.1. The summed E-state index contributed by atoms with van der Waals surface area (Å²) in [5, 5.41) is 0. The minimum absolute atomic E-state index is 0. The average Bonchev–Trinajstić information content (AvgIpc) is 3.42. The molecule has 26 heteroatoms. The molecule has 1 heterocycles. The van der Waals surface area contributed by atoms with Crippen LogP contribution in [-0.2, 0) is 9.47 Å². The molecule has 2 aromatic carbocycles. The Balaban J connectivity index is 0.0000112. The Hall–Kier alpha value is -3.84. The molecule has 0 spiro atoms. The van der Waals surface area contributed by atoms with Crippen LogP contribution < -0.4 is 9.64 Å². The van der Waals surface area contributed by atoms with Gasteiger partial charge in [0.2, 0.25) is 5.89 Å². The standard InChI is InChI=1S/C31H27F18N3O4.ClH/c1-16(55-24(26(32,33)34,27(35,36)37)28(38,39)40)52(17(2)56-25(29(41,42)43,30(44,45)46)31(47,48)49)13-14-53-20-10-11-21-22(15-20)54-23(50-21)12-7-18-5-8-19(9-6-18)51(3)4;/h5-12,15-17H,13-14H2,1-4H3;1H/b12-7+;. The van der Waals surface area contributed by atoms with E-state index in [1.54, 1.807) is 30.3 Å². The molecule has 7 nitrogen and oxygen atoms in total. The molecular formula is C31H28ClF18N3O4. The Morgan fingerprint density at radius 1 is 0.632 bits per heavy atom. The zero-order valence-corrected chi connectivity index (χ0v) is 29.8. The number of nitrogens with zero attached hydrogens (tertiary/aromatic N) is 3. The summed E-state index contributed by atoms with van der Waals surface area (Å²) in [6.07, 6.45) is -48.9. The number of ether oxygens (including phenoxy) is 3. The fourth-order valence-electron chi connectivity index (χ4n) is 5.08. The summed E-state index contributed by atoms with van der Waals surface area (Å²) in [7, 11) is 3.63. The Kier molecular flexibility index (Phi) is 14.5. The topological polar surface area (TPSA) is 60.2 Å². The molecule has 0 saturated carbocycles. The van der Waals surface area contributed by atoms with Crippen molar-refractivity contribution in [3.63, 3.8) is 0 Å². The van der Waals surface area contributed by atoms with Gasteiger partial charge in [-0.25, -0.2) is 9.88 Å². The van der Waals surface area contributed by atoms with Gasteiger partial charge in [-0.2, -0.15) is 79.0 Å². The van der Waals surface area contributed by atoms with Crippen LogP contribution in [0.3, 0.4) is 0 Å². The Labute approximate surface area is 315 Å². The highest BCUT2D eigenvalue weighted by Crippen LogP contribution is 2.57. The maximum Gasteiger partial charge on any atom is 0.435 e. The summed E-state index contributed by atoms with van der Waals surface area (Å²) in [5.74, 6) is -0.349. The normalized spacial score (nSPS) is 15.3. The van der Waals surface area contributed by atoms with Crippen molar-refractivity contribution in [3.05, 3.63) is 53.9 Å². The van der Waals surface area contributed by atoms with Crippen molar-refractivity contribution in [1.29, 1.82) is 0 Å². The number of anilines is 1. The first-order chi connectivity index (χ1) is 25.2. The second-order valence-electron chi connectivity index (χ2n) is 11.9.